The van der Waals surface area contributed by atoms with Crippen molar-refractivity contribution in [2.75, 3.05) is 26.2 Å². The third kappa shape index (κ3) is 4.93. The molecule has 0 bridgehead atoms. The van der Waals surface area contributed by atoms with Gasteiger partial charge in [0.25, 0.3) is 0 Å². The van der Waals surface area contributed by atoms with Crippen LogP contribution in [0, 0.1) is 5.92 Å². The van der Waals surface area contributed by atoms with E-state index in [2.05, 4.69) is 20.2 Å². The number of hydrogen-bond acceptors (Lipinski definition) is 6. The standard InChI is InChI=1S/C18H24N4OS/c1-14(23)10-19-11-15-5-8-22(9-6-15)13-16-12-21-18(24-16)17-4-2-3-7-20-17/h2-4,7,12,15,19H,5-6,8-11,13H2,1H3. The third-order valence-electron chi connectivity index (χ3n) is 4.33. The number of nitrogens with zero attached hydrogens (tertiary/aromatic N) is 3. The van der Waals surface area contributed by atoms with Crippen LogP contribution in [0.1, 0.15) is 24.6 Å². The van der Waals surface area contributed by atoms with E-state index in [0.717, 1.165) is 36.9 Å². The van der Waals surface area contributed by atoms with E-state index >= 15 is 0 Å². The molecule has 0 atom stereocenters. The van der Waals surface area contributed by atoms with Gasteiger partial charge in [-0.2, -0.15) is 0 Å². The average Bonchev–Trinajstić information content (AvgIpc) is 3.05. The number of carbonyl (C=O) groups excluding carboxylic acids is 1. The summed E-state index contributed by atoms with van der Waals surface area (Å²) in [5, 5.41) is 4.25. The van der Waals surface area contributed by atoms with E-state index in [4.69, 9.17) is 0 Å². The molecule has 5 nitrogen and oxygen atoms in total. The Balaban J connectivity index is 1.45. The number of ketones is 1. The largest absolute Gasteiger partial charge is 0.310 e. The van der Waals surface area contributed by atoms with E-state index < -0.39 is 0 Å². The molecule has 2 aromatic heterocycles. The molecule has 0 unspecified atom stereocenters. The van der Waals surface area contributed by atoms with Gasteiger partial charge in [0.05, 0.1) is 12.2 Å². The summed E-state index contributed by atoms with van der Waals surface area (Å²) in [5.74, 6) is 0.896. The van der Waals surface area contributed by atoms with Crippen LogP contribution >= 0.6 is 11.3 Å². The predicted octanol–water partition coefficient (Wildman–Crippen LogP) is 2.60. The quantitative estimate of drug-likeness (QED) is 0.837. The van der Waals surface area contributed by atoms with Crippen LogP contribution in [0.15, 0.2) is 30.6 Å². The molecule has 128 valence electrons. The number of piperidine rings is 1. The molecule has 0 aromatic carbocycles. The summed E-state index contributed by atoms with van der Waals surface area (Å²) in [7, 11) is 0. The van der Waals surface area contributed by atoms with Gasteiger partial charge in [0.2, 0.25) is 0 Å². The summed E-state index contributed by atoms with van der Waals surface area (Å²) in [6, 6.07) is 5.92. The SMILES string of the molecule is CC(=O)CNCC1CCN(Cc2cnc(-c3ccccn3)s2)CC1. The zero-order valence-electron chi connectivity index (χ0n) is 14.1. The molecule has 1 saturated heterocycles. The molecule has 6 heteroatoms. The second kappa shape index (κ2) is 8.46. The van der Waals surface area contributed by atoms with Crippen LogP contribution in [0.25, 0.3) is 10.7 Å². The zero-order chi connectivity index (χ0) is 16.8. The molecule has 3 rings (SSSR count). The third-order valence-corrected chi connectivity index (χ3v) is 5.34. The lowest BCUT2D eigenvalue weighted by molar-refractivity contribution is -0.116. The molecule has 2 aromatic rings. The van der Waals surface area contributed by atoms with Crippen molar-refractivity contribution < 1.29 is 4.79 Å². The van der Waals surface area contributed by atoms with E-state index in [-0.39, 0.29) is 5.78 Å². The van der Waals surface area contributed by atoms with Crippen LogP contribution in [0.3, 0.4) is 0 Å². The maximum atomic E-state index is 11.0. The topological polar surface area (TPSA) is 58.1 Å². The van der Waals surface area contributed by atoms with Crippen LogP contribution in [0.4, 0.5) is 0 Å². The summed E-state index contributed by atoms with van der Waals surface area (Å²) >= 11 is 1.73. The number of rotatable bonds is 7. The molecule has 3 heterocycles. The minimum absolute atomic E-state index is 0.210. The lowest BCUT2D eigenvalue weighted by Gasteiger charge is -2.31. The number of Topliss-reactive ketones (excluding diaryl/α,β-unsaturated/α-hetero) is 1. The van der Waals surface area contributed by atoms with E-state index in [1.54, 1.807) is 24.5 Å². The molecule has 0 radical (unpaired) electrons. The van der Waals surface area contributed by atoms with Crippen LogP contribution in [-0.4, -0.2) is 46.8 Å². The summed E-state index contributed by atoms with van der Waals surface area (Å²) in [6.07, 6.45) is 6.17. The lowest BCUT2D eigenvalue weighted by Crippen LogP contribution is -2.37. The molecular weight excluding hydrogens is 320 g/mol. The first-order chi connectivity index (χ1) is 11.7. The fraction of sp³-hybridized carbons (Fsp3) is 0.500. The van der Waals surface area contributed by atoms with Gasteiger partial charge in [-0.15, -0.1) is 11.3 Å². The highest BCUT2D eigenvalue weighted by molar-refractivity contribution is 7.14. The maximum Gasteiger partial charge on any atom is 0.143 e. The second-order valence-electron chi connectivity index (χ2n) is 6.40. The van der Waals surface area contributed by atoms with Gasteiger partial charge in [-0.1, -0.05) is 6.07 Å². The number of pyridine rings is 1. The van der Waals surface area contributed by atoms with Crippen molar-refractivity contribution in [3.05, 3.63) is 35.5 Å². The molecule has 1 N–H and O–H groups in total. The molecule has 1 aliphatic rings. The Morgan fingerprint density at radius 3 is 2.88 bits per heavy atom. The van der Waals surface area contributed by atoms with Crippen molar-refractivity contribution in [2.24, 2.45) is 5.92 Å². The van der Waals surface area contributed by atoms with E-state index in [9.17, 15) is 4.79 Å². The van der Waals surface area contributed by atoms with Crippen molar-refractivity contribution in [1.82, 2.24) is 20.2 Å². The van der Waals surface area contributed by atoms with Gasteiger partial charge in [0, 0.05) is 23.8 Å². The molecule has 0 aliphatic carbocycles. The first-order valence-electron chi connectivity index (χ1n) is 8.49. The first kappa shape index (κ1) is 17.2. The summed E-state index contributed by atoms with van der Waals surface area (Å²) in [5.41, 5.74) is 0.948. The van der Waals surface area contributed by atoms with Gasteiger partial charge in [-0.25, -0.2) is 4.98 Å². The van der Waals surface area contributed by atoms with Crippen molar-refractivity contribution in [3.63, 3.8) is 0 Å². The normalized spacial score (nSPS) is 16.4. The summed E-state index contributed by atoms with van der Waals surface area (Å²) in [6.45, 7) is 6.28. The minimum atomic E-state index is 0.210. The molecule has 24 heavy (non-hydrogen) atoms. The Labute approximate surface area is 147 Å². The fourth-order valence-electron chi connectivity index (χ4n) is 3.01. The molecule has 1 aliphatic heterocycles. The monoisotopic (exact) mass is 344 g/mol. The number of hydrogen-bond donors (Lipinski definition) is 1. The van der Waals surface area contributed by atoms with Crippen molar-refractivity contribution in [1.29, 1.82) is 0 Å². The van der Waals surface area contributed by atoms with Crippen molar-refractivity contribution >= 4 is 17.1 Å². The lowest BCUT2D eigenvalue weighted by atomic mass is 9.97. The molecule has 0 amide bonds. The highest BCUT2D eigenvalue weighted by atomic mass is 32.1. The van der Waals surface area contributed by atoms with Gasteiger partial charge in [-0.3, -0.25) is 14.7 Å². The van der Waals surface area contributed by atoms with E-state index in [1.165, 1.54) is 17.7 Å². The zero-order valence-corrected chi connectivity index (χ0v) is 14.9. The average molecular weight is 344 g/mol. The van der Waals surface area contributed by atoms with Crippen molar-refractivity contribution in [3.8, 4) is 10.7 Å². The highest BCUT2D eigenvalue weighted by Gasteiger charge is 2.19. The van der Waals surface area contributed by atoms with Gasteiger partial charge >= 0.3 is 0 Å². The van der Waals surface area contributed by atoms with E-state index in [1.807, 2.05) is 24.4 Å². The minimum Gasteiger partial charge on any atom is -0.310 e. The summed E-state index contributed by atoms with van der Waals surface area (Å²) in [4.78, 5) is 23.6. The molecular formula is C18H24N4OS. The van der Waals surface area contributed by atoms with Gasteiger partial charge < -0.3 is 5.32 Å². The first-order valence-corrected chi connectivity index (χ1v) is 9.31. The number of aromatic nitrogens is 2. The Kier molecular flexibility index (Phi) is 6.07. The van der Waals surface area contributed by atoms with Crippen LogP contribution < -0.4 is 5.32 Å². The van der Waals surface area contributed by atoms with Crippen LogP contribution in [-0.2, 0) is 11.3 Å². The molecule has 0 saturated carbocycles. The Bertz CT molecular complexity index is 650. The van der Waals surface area contributed by atoms with Crippen LogP contribution in [0.5, 0.6) is 0 Å². The van der Waals surface area contributed by atoms with Crippen molar-refractivity contribution in [2.45, 2.75) is 26.3 Å². The molecule has 1 fully saturated rings. The number of carbonyl (C=O) groups is 1. The van der Waals surface area contributed by atoms with Gasteiger partial charge in [0.1, 0.15) is 10.8 Å². The highest BCUT2D eigenvalue weighted by Crippen LogP contribution is 2.25. The Morgan fingerprint density at radius 2 is 2.17 bits per heavy atom. The number of thiazole rings is 1. The fourth-order valence-corrected chi connectivity index (χ4v) is 3.94. The Morgan fingerprint density at radius 1 is 1.33 bits per heavy atom. The molecule has 0 spiro atoms. The van der Waals surface area contributed by atoms with Gasteiger partial charge in [0.15, 0.2) is 0 Å². The number of nitrogens with one attached hydrogen (secondary N) is 1. The maximum absolute atomic E-state index is 11.0. The Hall–Kier alpha value is -1.63. The number of likely N-dealkylation sites (tertiary alicyclic amines) is 1. The smallest absolute Gasteiger partial charge is 0.143 e. The second-order valence-corrected chi connectivity index (χ2v) is 7.51. The predicted molar refractivity (Wildman–Crippen MR) is 96.9 cm³/mol. The van der Waals surface area contributed by atoms with Gasteiger partial charge in [-0.05, 0) is 57.5 Å². The van der Waals surface area contributed by atoms with Crippen LogP contribution in [0.2, 0.25) is 0 Å². The summed E-state index contributed by atoms with van der Waals surface area (Å²) < 4.78 is 0. The van der Waals surface area contributed by atoms with E-state index in [0.29, 0.717) is 12.5 Å².